The van der Waals surface area contributed by atoms with Gasteiger partial charge in [0.05, 0.1) is 21.1 Å². The smallest absolute Gasteiger partial charge is 0.246 e. The molecule has 0 spiro atoms. The number of aromatic nitrogens is 2. The number of fused-ring (bicyclic) bond motifs is 1. The first kappa shape index (κ1) is 17.6. The molecular formula is C19H18ClN3OS. The summed E-state index contributed by atoms with van der Waals surface area (Å²) in [6.45, 7) is 5.37. The minimum Gasteiger partial charge on any atom is -0.340 e. The van der Waals surface area contributed by atoms with Gasteiger partial charge in [0.1, 0.15) is 0 Å². The van der Waals surface area contributed by atoms with Gasteiger partial charge in [-0.3, -0.25) is 9.78 Å². The van der Waals surface area contributed by atoms with Crippen molar-refractivity contribution in [2.45, 2.75) is 13.8 Å². The average molecular weight is 372 g/mol. The third kappa shape index (κ3) is 3.89. The van der Waals surface area contributed by atoms with Gasteiger partial charge in [0.2, 0.25) is 5.91 Å². The molecule has 25 heavy (non-hydrogen) atoms. The minimum absolute atomic E-state index is 0.0272. The van der Waals surface area contributed by atoms with Crippen molar-refractivity contribution in [2.75, 3.05) is 13.1 Å². The standard InChI is InChI=1S/C19H18ClN3OS/c1-3-23(4-2)19(24)8-6-13-5-7-18(25-13)17-11-15(20)14-12-21-10-9-16(14)22-17/h5-12H,3-4H2,1-2H3. The second kappa shape index (κ2) is 7.76. The molecule has 0 aliphatic heterocycles. The summed E-state index contributed by atoms with van der Waals surface area (Å²) < 4.78 is 0. The lowest BCUT2D eigenvalue weighted by atomic mass is 10.2. The zero-order valence-corrected chi connectivity index (χ0v) is 15.6. The van der Waals surface area contributed by atoms with E-state index in [0.717, 1.165) is 26.4 Å². The lowest BCUT2D eigenvalue weighted by Gasteiger charge is -2.15. The maximum Gasteiger partial charge on any atom is 0.246 e. The molecule has 0 atom stereocenters. The quantitative estimate of drug-likeness (QED) is 0.599. The fourth-order valence-corrected chi connectivity index (χ4v) is 3.65. The number of halogens is 1. The van der Waals surface area contributed by atoms with Crippen molar-refractivity contribution in [1.29, 1.82) is 0 Å². The maximum absolute atomic E-state index is 12.1. The van der Waals surface area contributed by atoms with Crippen LogP contribution in [0.1, 0.15) is 18.7 Å². The molecule has 6 heteroatoms. The molecule has 0 unspecified atom stereocenters. The number of hydrogen-bond acceptors (Lipinski definition) is 4. The van der Waals surface area contributed by atoms with E-state index in [0.29, 0.717) is 18.1 Å². The van der Waals surface area contributed by atoms with Crippen LogP contribution in [0.4, 0.5) is 0 Å². The van der Waals surface area contributed by atoms with Crippen LogP contribution in [0.5, 0.6) is 0 Å². The highest BCUT2D eigenvalue weighted by Crippen LogP contribution is 2.32. The number of hydrogen-bond donors (Lipinski definition) is 0. The van der Waals surface area contributed by atoms with E-state index >= 15 is 0 Å². The first-order valence-corrected chi connectivity index (χ1v) is 9.29. The Kier molecular flexibility index (Phi) is 5.46. The van der Waals surface area contributed by atoms with Crippen LogP contribution in [0.2, 0.25) is 5.02 Å². The van der Waals surface area contributed by atoms with E-state index in [4.69, 9.17) is 11.6 Å². The third-order valence-corrected chi connectivity index (χ3v) is 5.29. The van der Waals surface area contributed by atoms with Crippen molar-refractivity contribution < 1.29 is 4.79 Å². The molecule has 1 amide bonds. The monoisotopic (exact) mass is 371 g/mol. The highest BCUT2D eigenvalue weighted by Gasteiger charge is 2.09. The van der Waals surface area contributed by atoms with E-state index in [9.17, 15) is 4.79 Å². The first-order valence-electron chi connectivity index (χ1n) is 8.09. The van der Waals surface area contributed by atoms with Crippen LogP contribution < -0.4 is 0 Å². The summed E-state index contributed by atoms with van der Waals surface area (Å²) in [6, 6.07) is 7.68. The summed E-state index contributed by atoms with van der Waals surface area (Å²) in [6.07, 6.45) is 6.89. The maximum atomic E-state index is 12.1. The largest absolute Gasteiger partial charge is 0.340 e. The fraction of sp³-hybridized carbons (Fsp3) is 0.211. The van der Waals surface area contributed by atoms with E-state index in [1.54, 1.807) is 34.7 Å². The van der Waals surface area contributed by atoms with Crippen molar-refractivity contribution in [3.63, 3.8) is 0 Å². The van der Waals surface area contributed by atoms with Crippen LogP contribution in [-0.4, -0.2) is 33.9 Å². The Bertz CT molecular complexity index is 931. The number of carbonyl (C=O) groups is 1. The van der Waals surface area contributed by atoms with Crippen molar-refractivity contribution in [1.82, 2.24) is 14.9 Å². The summed E-state index contributed by atoms with van der Waals surface area (Å²) in [5.41, 5.74) is 1.64. The molecular weight excluding hydrogens is 354 g/mol. The number of nitrogens with zero attached hydrogens (tertiary/aromatic N) is 3. The predicted molar refractivity (Wildman–Crippen MR) is 105 cm³/mol. The second-order valence-electron chi connectivity index (χ2n) is 5.43. The Labute approximate surface area is 155 Å². The Morgan fingerprint density at radius 1 is 1.28 bits per heavy atom. The molecule has 3 rings (SSSR count). The van der Waals surface area contributed by atoms with Gasteiger partial charge in [0, 0.05) is 41.8 Å². The number of likely N-dealkylation sites (N-methyl/N-ethyl adjacent to an activating group) is 1. The highest BCUT2D eigenvalue weighted by atomic mass is 35.5. The van der Waals surface area contributed by atoms with Gasteiger partial charge in [-0.1, -0.05) is 11.6 Å². The summed E-state index contributed by atoms with van der Waals surface area (Å²) >= 11 is 7.93. The average Bonchev–Trinajstić information content (AvgIpc) is 3.10. The van der Waals surface area contributed by atoms with Gasteiger partial charge in [0.15, 0.2) is 0 Å². The van der Waals surface area contributed by atoms with E-state index in [2.05, 4.69) is 9.97 Å². The first-order chi connectivity index (χ1) is 12.1. The van der Waals surface area contributed by atoms with Crippen LogP contribution in [0.3, 0.4) is 0 Å². The number of pyridine rings is 2. The molecule has 0 fully saturated rings. The van der Waals surface area contributed by atoms with Crippen LogP contribution in [0.15, 0.2) is 42.7 Å². The van der Waals surface area contributed by atoms with Gasteiger partial charge in [-0.25, -0.2) is 4.98 Å². The lowest BCUT2D eigenvalue weighted by Crippen LogP contribution is -2.28. The molecule has 0 aliphatic rings. The molecule has 0 bridgehead atoms. The molecule has 3 aromatic heterocycles. The lowest BCUT2D eigenvalue weighted by molar-refractivity contribution is -0.125. The van der Waals surface area contributed by atoms with E-state index in [1.807, 2.05) is 44.2 Å². The number of carbonyl (C=O) groups excluding carboxylic acids is 1. The molecule has 128 valence electrons. The summed E-state index contributed by atoms with van der Waals surface area (Å²) in [4.78, 5) is 24.6. The van der Waals surface area contributed by atoms with E-state index in [-0.39, 0.29) is 5.91 Å². The molecule has 0 aromatic carbocycles. The Balaban J connectivity index is 1.85. The topological polar surface area (TPSA) is 46.1 Å². The number of amides is 1. The molecule has 0 radical (unpaired) electrons. The zero-order chi connectivity index (χ0) is 17.8. The van der Waals surface area contributed by atoms with Crippen LogP contribution >= 0.6 is 22.9 Å². The Morgan fingerprint density at radius 2 is 2.08 bits per heavy atom. The summed E-state index contributed by atoms with van der Waals surface area (Å²) in [7, 11) is 0. The second-order valence-corrected chi connectivity index (χ2v) is 6.95. The van der Waals surface area contributed by atoms with Gasteiger partial charge in [-0.15, -0.1) is 11.3 Å². The van der Waals surface area contributed by atoms with Crippen LogP contribution in [0, 0.1) is 0 Å². The molecule has 0 saturated carbocycles. The molecule has 0 aliphatic carbocycles. The van der Waals surface area contributed by atoms with Crippen molar-refractivity contribution >= 4 is 45.8 Å². The molecule has 3 heterocycles. The Hall–Kier alpha value is -2.24. The SMILES string of the molecule is CCN(CC)C(=O)C=Cc1ccc(-c2cc(Cl)c3cnccc3n2)s1. The van der Waals surface area contributed by atoms with Gasteiger partial charge in [-0.2, -0.15) is 0 Å². The van der Waals surface area contributed by atoms with Gasteiger partial charge < -0.3 is 4.90 Å². The molecule has 0 N–H and O–H groups in total. The third-order valence-electron chi connectivity index (χ3n) is 3.90. The summed E-state index contributed by atoms with van der Waals surface area (Å²) in [5.74, 6) is 0.0272. The van der Waals surface area contributed by atoms with Gasteiger partial charge in [0.25, 0.3) is 0 Å². The van der Waals surface area contributed by atoms with Crippen molar-refractivity contribution in [3.8, 4) is 10.6 Å². The highest BCUT2D eigenvalue weighted by molar-refractivity contribution is 7.16. The van der Waals surface area contributed by atoms with Gasteiger partial charge >= 0.3 is 0 Å². The number of rotatable bonds is 5. The van der Waals surface area contributed by atoms with Crippen LogP contribution in [-0.2, 0) is 4.79 Å². The summed E-state index contributed by atoms with van der Waals surface area (Å²) in [5, 5.41) is 1.48. The molecule has 0 saturated heterocycles. The Morgan fingerprint density at radius 3 is 2.84 bits per heavy atom. The number of thiophene rings is 1. The van der Waals surface area contributed by atoms with Gasteiger partial charge in [-0.05, 0) is 44.2 Å². The zero-order valence-electron chi connectivity index (χ0n) is 14.1. The molecule has 4 nitrogen and oxygen atoms in total. The van der Waals surface area contributed by atoms with Crippen LogP contribution in [0.25, 0.3) is 27.6 Å². The van der Waals surface area contributed by atoms with E-state index in [1.165, 1.54) is 0 Å². The minimum atomic E-state index is 0.0272. The van der Waals surface area contributed by atoms with Crippen molar-refractivity contribution in [3.05, 3.63) is 52.6 Å². The normalized spacial score (nSPS) is 11.3. The van der Waals surface area contributed by atoms with Crippen molar-refractivity contribution in [2.24, 2.45) is 0 Å². The fourth-order valence-electron chi connectivity index (χ4n) is 2.53. The predicted octanol–water partition coefficient (Wildman–Crippen LogP) is 4.89. The molecule has 3 aromatic rings. The van der Waals surface area contributed by atoms with E-state index < -0.39 is 0 Å².